The molecule has 1 rings (SSSR count). The average Bonchev–Trinajstić information content (AvgIpc) is 2.49. The molecule has 2 unspecified atom stereocenters. The molecule has 0 radical (unpaired) electrons. The van der Waals surface area contributed by atoms with Crippen molar-refractivity contribution in [3.63, 3.8) is 0 Å². The number of hydrogen-bond donors (Lipinski definition) is 1. The Morgan fingerprint density at radius 2 is 2.00 bits per heavy atom. The highest BCUT2D eigenvalue weighted by Crippen LogP contribution is 2.27. The lowest BCUT2D eigenvalue weighted by Crippen LogP contribution is -2.27. The van der Waals surface area contributed by atoms with Gasteiger partial charge in [-0.15, -0.1) is 0 Å². The Bertz CT molecular complexity index is 303. The first kappa shape index (κ1) is 11.0. The van der Waals surface area contributed by atoms with Gasteiger partial charge in [0, 0.05) is 12.2 Å². The zero-order valence-electron chi connectivity index (χ0n) is 7.92. The summed E-state index contributed by atoms with van der Waals surface area (Å²) in [7, 11) is 0. The molecule has 80 valence electrons. The molecule has 0 saturated heterocycles. The molecule has 0 amide bonds. The first-order valence-electron chi connectivity index (χ1n) is 4.20. The van der Waals surface area contributed by atoms with E-state index in [0.717, 1.165) is 6.07 Å². The fraction of sp³-hybridized carbons (Fsp3) is 0.625. The second-order valence-corrected chi connectivity index (χ2v) is 3.28. The summed E-state index contributed by atoms with van der Waals surface area (Å²) >= 11 is 0. The van der Waals surface area contributed by atoms with Crippen LogP contribution in [-0.4, -0.2) is 15.8 Å². The Kier molecular flexibility index (Phi) is 2.84. The number of alkyl halides is 3. The van der Waals surface area contributed by atoms with E-state index in [0.29, 0.717) is 0 Å². The molecular weight excluding hydrogens is 195 g/mol. The Morgan fingerprint density at radius 1 is 1.43 bits per heavy atom. The van der Waals surface area contributed by atoms with Crippen LogP contribution in [0.4, 0.5) is 13.2 Å². The summed E-state index contributed by atoms with van der Waals surface area (Å²) in [5.74, 6) is 0. The summed E-state index contributed by atoms with van der Waals surface area (Å²) in [6.07, 6.45) is -3.10. The molecule has 0 aliphatic rings. The molecule has 2 atom stereocenters. The molecule has 0 aromatic carbocycles. The van der Waals surface area contributed by atoms with E-state index < -0.39 is 11.9 Å². The minimum Gasteiger partial charge on any atom is -0.326 e. The molecule has 0 fully saturated rings. The molecule has 0 saturated carbocycles. The molecule has 0 spiro atoms. The third-order valence-corrected chi connectivity index (χ3v) is 2.08. The molecule has 6 heteroatoms. The molecule has 1 aromatic heterocycles. The zero-order valence-corrected chi connectivity index (χ0v) is 7.92. The number of hydrogen-bond acceptors (Lipinski definition) is 2. The summed E-state index contributed by atoms with van der Waals surface area (Å²) in [5.41, 5.74) is 4.66. The predicted octanol–water partition coefficient (Wildman–Crippen LogP) is 1.81. The zero-order chi connectivity index (χ0) is 10.9. The summed E-state index contributed by atoms with van der Waals surface area (Å²) in [6.45, 7) is 3.44. The van der Waals surface area contributed by atoms with Gasteiger partial charge in [0.2, 0.25) is 0 Å². The van der Waals surface area contributed by atoms with Crippen LogP contribution in [0.3, 0.4) is 0 Å². The molecule has 2 N–H and O–H groups in total. The summed E-state index contributed by atoms with van der Waals surface area (Å²) < 4.78 is 37.7. The van der Waals surface area contributed by atoms with Crippen LogP contribution in [0, 0.1) is 0 Å². The second-order valence-electron chi connectivity index (χ2n) is 3.28. The van der Waals surface area contributed by atoms with Gasteiger partial charge in [-0.3, -0.25) is 4.68 Å². The van der Waals surface area contributed by atoms with Crippen LogP contribution < -0.4 is 5.73 Å². The van der Waals surface area contributed by atoms with Gasteiger partial charge in [0.25, 0.3) is 0 Å². The third-order valence-electron chi connectivity index (χ3n) is 2.08. The van der Waals surface area contributed by atoms with Gasteiger partial charge in [-0.2, -0.15) is 18.3 Å². The van der Waals surface area contributed by atoms with E-state index >= 15 is 0 Å². The van der Waals surface area contributed by atoms with Crippen LogP contribution in [-0.2, 0) is 6.18 Å². The standard InChI is InChI=1S/C8H12F3N3/c1-5(12)6(2)14-4-3-7(13-14)8(9,10)11/h3-6H,12H2,1-2H3. The van der Waals surface area contributed by atoms with E-state index in [1.807, 2.05) is 0 Å². The van der Waals surface area contributed by atoms with Crippen LogP contribution in [0.15, 0.2) is 12.3 Å². The molecular formula is C8H12F3N3. The second kappa shape index (κ2) is 3.61. The molecule has 0 aliphatic carbocycles. The number of nitrogens with two attached hydrogens (primary N) is 1. The van der Waals surface area contributed by atoms with Gasteiger partial charge in [0.15, 0.2) is 5.69 Å². The lowest BCUT2D eigenvalue weighted by Gasteiger charge is -2.15. The van der Waals surface area contributed by atoms with Gasteiger partial charge in [-0.05, 0) is 19.9 Å². The van der Waals surface area contributed by atoms with Crippen LogP contribution in [0.1, 0.15) is 25.6 Å². The number of rotatable bonds is 2. The van der Waals surface area contributed by atoms with E-state index in [4.69, 9.17) is 5.73 Å². The highest BCUT2D eigenvalue weighted by atomic mass is 19.4. The van der Waals surface area contributed by atoms with E-state index in [1.165, 1.54) is 10.9 Å². The topological polar surface area (TPSA) is 43.8 Å². The van der Waals surface area contributed by atoms with Crippen molar-refractivity contribution in [1.29, 1.82) is 0 Å². The van der Waals surface area contributed by atoms with Crippen molar-refractivity contribution in [2.75, 3.05) is 0 Å². The largest absolute Gasteiger partial charge is 0.435 e. The normalized spacial score (nSPS) is 16.7. The lowest BCUT2D eigenvalue weighted by atomic mass is 10.2. The van der Waals surface area contributed by atoms with Gasteiger partial charge in [0.1, 0.15) is 0 Å². The molecule has 1 heterocycles. The minimum atomic E-state index is -4.39. The molecule has 1 aromatic rings. The first-order valence-corrected chi connectivity index (χ1v) is 4.20. The van der Waals surface area contributed by atoms with Crippen molar-refractivity contribution >= 4 is 0 Å². The van der Waals surface area contributed by atoms with Gasteiger partial charge in [0.05, 0.1) is 6.04 Å². The van der Waals surface area contributed by atoms with Crippen LogP contribution in [0.5, 0.6) is 0 Å². The Morgan fingerprint density at radius 3 is 2.36 bits per heavy atom. The fourth-order valence-electron chi connectivity index (χ4n) is 0.957. The molecule has 14 heavy (non-hydrogen) atoms. The highest BCUT2D eigenvalue weighted by molar-refractivity contribution is 5.04. The van der Waals surface area contributed by atoms with Crippen molar-refractivity contribution in [1.82, 2.24) is 9.78 Å². The maximum atomic E-state index is 12.2. The Hall–Kier alpha value is -1.04. The van der Waals surface area contributed by atoms with Crippen LogP contribution in [0.25, 0.3) is 0 Å². The monoisotopic (exact) mass is 207 g/mol. The van der Waals surface area contributed by atoms with Crippen molar-refractivity contribution < 1.29 is 13.2 Å². The van der Waals surface area contributed by atoms with E-state index in [2.05, 4.69) is 5.10 Å². The Balaban J connectivity index is 2.89. The van der Waals surface area contributed by atoms with Gasteiger partial charge in [-0.25, -0.2) is 0 Å². The lowest BCUT2D eigenvalue weighted by molar-refractivity contribution is -0.141. The summed E-state index contributed by atoms with van der Waals surface area (Å²) in [4.78, 5) is 0. The number of halogens is 3. The number of aromatic nitrogens is 2. The van der Waals surface area contributed by atoms with Crippen LogP contribution in [0.2, 0.25) is 0 Å². The first-order chi connectivity index (χ1) is 6.32. The third kappa shape index (κ3) is 2.25. The summed E-state index contributed by atoms with van der Waals surface area (Å²) in [6, 6.07) is 0.459. The van der Waals surface area contributed by atoms with Gasteiger partial charge in [-0.1, -0.05) is 0 Å². The quantitative estimate of drug-likeness (QED) is 0.803. The fourth-order valence-corrected chi connectivity index (χ4v) is 0.957. The maximum absolute atomic E-state index is 12.2. The minimum absolute atomic E-state index is 0.240. The van der Waals surface area contributed by atoms with E-state index in [9.17, 15) is 13.2 Å². The van der Waals surface area contributed by atoms with Crippen molar-refractivity contribution in [3.8, 4) is 0 Å². The van der Waals surface area contributed by atoms with Gasteiger partial charge < -0.3 is 5.73 Å². The van der Waals surface area contributed by atoms with Crippen LogP contribution >= 0.6 is 0 Å². The smallest absolute Gasteiger partial charge is 0.326 e. The SMILES string of the molecule is CC(N)C(C)n1ccc(C(F)(F)F)n1. The average molecular weight is 207 g/mol. The van der Waals surface area contributed by atoms with E-state index in [-0.39, 0.29) is 12.1 Å². The number of nitrogens with zero attached hydrogens (tertiary/aromatic N) is 2. The predicted molar refractivity (Wildman–Crippen MR) is 45.6 cm³/mol. The highest BCUT2D eigenvalue weighted by Gasteiger charge is 2.33. The molecule has 0 bridgehead atoms. The van der Waals surface area contributed by atoms with Gasteiger partial charge >= 0.3 is 6.18 Å². The molecule has 3 nitrogen and oxygen atoms in total. The van der Waals surface area contributed by atoms with Crippen molar-refractivity contribution in [2.24, 2.45) is 5.73 Å². The maximum Gasteiger partial charge on any atom is 0.435 e. The molecule has 0 aliphatic heterocycles. The van der Waals surface area contributed by atoms with Crippen molar-refractivity contribution in [2.45, 2.75) is 32.1 Å². The van der Waals surface area contributed by atoms with E-state index in [1.54, 1.807) is 13.8 Å². The Labute approximate surface area is 79.7 Å². The van der Waals surface area contributed by atoms with Crippen molar-refractivity contribution in [3.05, 3.63) is 18.0 Å². The summed E-state index contributed by atoms with van der Waals surface area (Å²) in [5, 5.41) is 3.41.